The lowest BCUT2D eigenvalue weighted by Gasteiger charge is -2.18. The average Bonchev–Trinajstić information content (AvgIpc) is 3.47. The number of carbonyl (C=O) groups is 2. The van der Waals surface area contributed by atoms with Crippen molar-refractivity contribution in [3.05, 3.63) is 94.7 Å². The fourth-order valence-electron chi connectivity index (χ4n) is 3.82. The molecule has 2 aliphatic heterocycles. The van der Waals surface area contributed by atoms with Gasteiger partial charge in [0.1, 0.15) is 5.70 Å². The van der Waals surface area contributed by atoms with Gasteiger partial charge in [0.2, 0.25) is 6.79 Å². The van der Waals surface area contributed by atoms with E-state index in [-0.39, 0.29) is 24.2 Å². The van der Waals surface area contributed by atoms with Crippen LogP contribution in [0.2, 0.25) is 0 Å². The van der Waals surface area contributed by atoms with E-state index in [0.29, 0.717) is 33.6 Å². The molecule has 0 atom stereocenters. The van der Waals surface area contributed by atoms with Gasteiger partial charge in [0.05, 0.1) is 11.4 Å². The smallest absolute Gasteiger partial charge is 0.283 e. The zero-order valence-electron chi connectivity index (χ0n) is 19.5. The number of hydrogen-bond donors (Lipinski definition) is 0. The summed E-state index contributed by atoms with van der Waals surface area (Å²) in [6, 6.07) is 20.8. The fourth-order valence-corrected chi connectivity index (χ4v) is 4.72. The molecule has 3 aromatic carbocycles. The lowest BCUT2D eigenvalue weighted by Crippen LogP contribution is -2.30. The Morgan fingerprint density at radius 3 is 2.51 bits per heavy atom. The van der Waals surface area contributed by atoms with Crippen LogP contribution in [0.5, 0.6) is 11.5 Å². The van der Waals surface area contributed by atoms with Gasteiger partial charge in [-0.1, -0.05) is 66.7 Å². The number of amidine groups is 1. The minimum Gasteiger partial charge on any atom is -0.454 e. The van der Waals surface area contributed by atoms with Crippen LogP contribution in [0.3, 0.4) is 0 Å². The average molecular weight is 485 g/mol. The third-order valence-electron chi connectivity index (χ3n) is 5.84. The highest BCUT2D eigenvalue weighted by molar-refractivity contribution is 8.14. The third kappa shape index (κ3) is 4.86. The molecule has 0 unspecified atom stereocenters. The highest BCUT2D eigenvalue weighted by atomic mass is 32.2. The van der Waals surface area contributed by atoms with Crippen LogP contribution in [0, 0.1) is 6.92 Å². The van der Waals surface area contributed by atoms with E-state index in [1.807, 2.05) is 73.7 Å². The molecule has 0 radical (unpaired) electrons. The van der Waals surface area contributed by atoms with Gasteiger partial charge >= 0.3 is 0 Å². The molecule has 0 aromatic heterocycles. The maximum atomic E-state index is 13.4. The molecule has 176 valence electrons. The topological polar surface area (TPSA) is 68.2 Å². The molecule has 0 bridgehead atoms. The summed E-state index contributed by atoms with van der Waals surface area (Å²) in [5.74, 6) is 1.24. The summed E-state index contributed by atoms with van der Waals surface area (Å²) in [5, 5.41) is 0.476. The second kappa shape index (κ2) is 9.80. The van der Waals surface area contributed by atoms with Crippen LogP contribution >= 0.6 is 11.8 Å². The number of rotatable bonds is 6. The number of hydrogen-bond acceptors (Lipinski definition) is 6. The Morgan fingerprint density at radius 2 is 1.77 bits per heavy atom. The molecule has 0 fully saturated rings. The van der Waals surface area contributed by atoms with E-state index < -0.39 is 0 Å². The number of ether oxygens (including phenoxy) is 2. The Bertz CT molecular complexity index is 1340. The van der Waals surface area contributed by atoms with Crippen LogP contribution in [-0.4, -0.2) is 29.4 Å². The van der Waals surface area contributed by atoms with Crippen molar-refractivity contribution in [3.8, 4) is 11.5 Å². The number of anilines is 1. The highest BCUT2D eigenvalue weighted by Crippen LogP contribution is 2.34. The third-order valence-corrected chi connectivity index (χ3v) is 6.78. The molecule has 0 saturated heterocycles. The largest absolute Gasteiger partial charge is 0.454 e. The number of benzene rings is 3. The molecule has 1 amide bonds. The molecular weight excluding hydrogens is 460 g/mol. The van der Waals surface area contributed by atoms with Crippen LogP contribution < -0.4 is 14.4 Å². The molecule has 0 N–H and O–H groups in total. The Balaban J connectivity index is 1.42. The van der Waals surface area contributed by atoms with Gasteiger partial charge in [-0.15, -0.1) is 0 Å². The molecule has 0 aliphatic carbocycles. The molecule has 3 aromatic rings. The van der Waals surface area contributed by atoms with E-state index in [4.69, 9.17) is 9.47 Å². The summed E-state index contributed by atoms with van der Waals surface area (Å²) in [6.07, 6.45) is 2.65. The Labute approximate surface area is 208 Å². The van der Waals surface area contributed by atoms with Gasteiger partial charge in [-0.25, -0.2) is 4.99 Å². The Morgan fingerprint density at radius 1 is 1.03 bits per heavy atom. The molecule has 5 rings (SSSR count). The minimum atomic E-state index is -0.242. The second-order valence-corrected chi connectivity index (χ2v) is 9.22. The molecule has 35 heavy (non-hydrogen) atoms. The van der Waals surface area contributed by atoms with Crippen molar-refractivity contribution in [1.29, 1.82) is 0 Å². The summed E-state index contributed by atoms with van der Waals surface area (Å²) >= 11 is 1.26. The van der Waals surface area contributed by atoms with Crippen molar-refractivity contribution in [2.75, 3.05) is 17.4 Å². The van der Waals surface area contributed by atoms with E-state index in [1.54, 1.807) is 11.0 Å². The summed E-state index contributed by atoms with van der Waals surface area (Å²) < 4.78 is 10.8. The predicted octanol–water partition coefficient (Wildman–Crippen LogP) is 5.65. The van der Waals surface area contributed by atoms with E-state index in [2.05, 4.69) is 11.9 Å². The predicted molar refractivity (Wildman–Crippen MR) is 139 cm³/mol. The summed E-state index contributed by atoms with van der Waals surface area (Å²) in [4.78, 5) is 32.4. The number of ketones is 1. The lowest BCUT2D eigenvalue weighted by molar-refractivity contribution is -0.113. The van der Waals surface area contributed by atoms with Crippen molar-refractivity contribution in [2.45, 2.75) is 20.3 Å². The zero-order valence-corrected chi connectivity index (χ0v) is 20.3. The number of thioether (sulfide) groups is 1. The first-order valence-electron chi connectivity index (χ1n) is 11.4. The van der Waals surface area contributed by atoms with Crippen molar-refractivity contribution in [1.82, 2.24) is 0 Å². The number of nitrogens with zero attached hydrogens (tertiary/aromatic N) is 2. The first kappa shape index (κ1) is 22.9. The van der Waals surface area contributed by atoms with Crippen LogP contribution in [-0.2, 0) is 11.2 Å². The number of carbonyl (C=O) groups excluding carboxylic acids is 2. The molecule has 2 heterocycles. The van der Waals surface area contributed by atoms with Gasteiger partial charge in [-0.2, -0.15) is 0 Å². The fraction of sp³-hybridized carbons (Fsp3) is 0.179. The van der Waals surface area contributed by atoms with Crippen molar-refractivity contribution < 1.29 is 19.1 Å². The molecular formula is C28H24N2O4S. The van der Waals surface area contributed by atoms with Gasteiger partial charge in [0.15, 0.2) is 22.4 Å². The molecule has 0 saturated carbocycles. The van der Waals surface area contributed by atoms with Gasteiger partial charge < -0.3 is 9.47 Å². The second-order valence-electron chi connectivity index (χ2n) is 8.28. The maximum absolute atomic E-state index is 13.4. The van der Waals surface area contributed by atoms with Crippen molar-refractivity contribution >= 4 is 40.4 Å². The van der Waals surface area contributed by atoms with Crippen molar-refractivity contribution in [2.24, 2.45) is 4.99 Å². The maximum Gasteiger partial charge on any atom is 0.283 e. The van der Waals surface area contributed by atoms with Gasteiger partial charge in [0.25, 0.3) is 5.91 Å². The highest BCUT2D eigenvalue weighted by Gasteiger charge is 2.32. The van der Waals surface area contributed by atoms with Crippen LogP contribution in [0.25, 0.3) is 6.08 Å². The number of fused-ring (bicyclic) bond motifs is 1. The Kier molecular flexibility index (Phi) is 6.42. The van der Waals surface area contributed by atoms with E-state index in [9.17, 15) is 9.59 Å². The van der Waals surface area contributed by atoms with Crippen molar-refractivity contribution in [3.63, 3.8) is 0 Å². The number of aliphatic imine (C=N–C) groups is 1. The lowest BCUT2D eigenvalue weighted by atomic mass is 10.1. The first-order valence-corrected chi connectivity index (χ1v) is 12.4. The molecule has 7 heteroatoms. The van der Waals surface area contributed by atoms with E-state index >= 15 is 0 Å². The Hall–Kier alpha value is -3.84. The van der Waals surface area contributed by atoms with Crippen LogP contribution in [0.4, 0.5) is 5.69 Å². The van der Waals surface area contributed by atoms with Gasteiger partial charge in [-0.05, 0) is 54.8 Å². The number of aryl methyl sites for hydroxylation is 2. The van der Waals surface area contributed by atoms with Gasteiger partial charge in [0, 0.05) is 5.56 Å². The van der Waals surface area contributed by atoms with Crippen LogP contribution in [0.1, 0.15) is 34.0 Å². The van der Waals surface area contributed by atoms with E-state index in [0.717, 1.165) is 17.5 Å². The summed E-state index contributed by atoms with van der Waals surface area (Å²) in [6.45, 7) is 4.26. The first-order chi connectivity index (χ1) is 17.0. The van der Waals surface area contributed by atoms with Crippen LogP contribution in [0.15, 0.2) is 77.4 Å². The molecule has 0 spiro atoms. The number of amides is 1. The quantitative estimate of drug-likeness (QED) is 0.334. The zero-order chi connectivity index (χ0) is 24.4. The standard InChI is InChI=1S/C28H24N2O4S/c1-3-19-6-9-21(10-7-19)24(31)16-35-28-29-23(14-20-8-13-25-26(15-20)34-17-33-25)27(32)30(28)22-11-4-18(2)5-12-22/h4-15H,3,16-17H2,1-2H3. The molecule has 2 aliphatic rings. The monoisotopic (exact) mass is 484 g/mol. The SMILES string of the molecule is CCc1ccc(C(=O)CSC2=NC(=Cc3ccc4c(c3)OCO4)C(=O)N2c2ccc(C)cc2)cc1. The number of Topliss-reactive ketones (excluding diaryl/α,β-unsaturated/α-hetero) is 1. The molecule has 6 nitrogen and oxygen atoms in total. The summed E-state index contributed by atoms with van der Waals surface area (Å²) in [7, 11) is 0. The summed E-state index contributed by atoms with van der Waals surface area (Å²) in [5.41, 5.74) is 4.71. The van der Waals surface area contributed by atoms with E-state index in [1.165, 1.54) is 17.3 Å². The minimum absolute atomic E-state index is 0.00939. The van der Waals surface area contributed by atoms with Gasteiger partial charge in [-0.3, -0.25) is 14.5 Å². The normalized spacial score (nSPS) is 15.6.